The Labute approximate surface area is 165 Å². The monoisotopic (exact) mass is 399 g/mol. The van der Waals surface area contributed by atoms with E-state index < -0.39 is 23.8 Å². The van der Waals surface area contributed by atoms with Crippen molar-refractivity contribution in [2.75, 3.05) is 25.7 Å². The summed E-state index contributed by atoms with van der Waals surface area (Å²) in [6.45, 7) is 0.844. The first kappa shape index (κ1) is 18.8. The van der Waals surface area contributed by atoms with Gasteiger partial charge < -0.3 is 18.9 Å². The summed E-state index contributed by atoms with van der Waals surface area (Å²) in [4.78, 5) is 44.0. The number of hydrogen-bond acceptors (Lipinski definition) is 7. The van der Waals surface area contributed by atoms with Crippen molar-refractivity contribution in [3.05, 3.63) is 45.1 Å². The zero-order chi connectivity index (χ0) is 20.7. The third kappa shape index (κ3) is 2.96. The summed E-state index contributed by atoms with van der Waals surface area (Å²) in [6.07, 6.45) is 0.787. The third-order valence-electron chi connectivity index (χ3n) is 5.10. The lowest BCUT2D eigenvalue weighted by Crippen LogP contribution is -2.41. The molecule has 152 valence electrons. The molecular formula is C19H21N5O5. The first-order chi connectivity index (χ1) is 14.0. The van der Waals surface area contributed by atoms with E-state index in [1.54, 1.807) is 11.7 Å². The molecule has 1 aliphatic heterocycles. The van der Waals surface area contributed by atoms with Crippen LogP contribution in [0.5, 0.6) is 5.75 Å². The van der Waals surface area contributed by atoms with Gasteiger partial charge in [-0.25, -0.2) is 9.36 Å². The lowest BCUT2D eigenvalue weighted by Gasteiger charge is -2.29. The molecule has 2 aromatic heterocycles. The number of aryl methyl sites for hydroxylation is 2. The summed E-state index contributed by atoms with van der Waals surface area (Å²) in [6, 6.07) is 7.57. The zero-order valence-corrected chi connectivity index (χ0v) is 16.4. The Morgan fingerprint density at radius 2 is 2.00 bits per heavy atom. The average molecular weight is 399 g/mol. The van der Waals surface area contributed by atoms with E-state index >= 15 is 0 Å². The highest BCUT2D eigenvalue weighted by Crippen LogP contribution is 2.32. The van der Waals surface area contributed by atoms with Crippen molar-refractivity contribution < 1.29 is 14.3 Å². The van der Waals surface area contributed by atoms with Crippen LogP contribution >= 0.6 is 0 Å². The number of anilines is 2. The van der Waals surface area contributed by atoms with Crippen molar-refractivity contribution in [3.63, 3.8) is 0 Å². The molecule has 3 aromatic rings. The van der Waals surface area contributed by atoms with Gasteiger partial charge in [0.25, 0.3) is 5.56 Å². The maximum absolute atomic E-state index is 13.1. The van der Waals surface area contributed by atoms with Crippen molar-refractivity contribution in [1.82, 2.24) is 18.7 Å². The second-order valence-corrected chi connectivity index (χ2v) is 6.75. The predicted molar refractivity (Wildman–Crippen MR) is 106 cm³/mol. The Morgan fingerprint density at radius 1 is 1.21 bits per heavy atom. The summed E-state index contributed by atoms with van der Waals surface area (Å²) >= 11 is 0. The number of methoxy groups -OCH3 is 2. The number of benzene rings is 1. The predicted octanol–water partition coefficient (Wildman–Crippen LogP) is 0.620. The van der Waals surface area contributed by atoms with Crippen LogP contribution in [0.15, 0.2) is 33.9 Å². The van der Waals surface area contributed by atoms with E-state index in [4.69, 9.17) is 4.74 Å². The second-order valence-electron chi connectivity index (χ2n) is 6.75. The number of aromatic nitrogens is 4. The number of carbonyl (C=O) groups excluding carboxylic acids is 1. The maximum atomic E-state index is 13.1. The molecule has 0 radical (unpaired) electrons. The highest BCUT2D eigenvalue weighted by Gasteiger charge is 2.27. The molecule has 0 amide bonds. The number of fused-ring (bicyclic) bond motifs is 3. The smallest absolute Gasteiger partial charge is 0.333 e. The highest BCUT2D eigenvalue weighted by atomic mass is 16.5. The number of nitrogens with zero attached hydrogens (tertiary/aromatic N) is 5. The molecule has 4 rings (SSSR count). The Hall–Kier alpha value is -3.56. The Bertz CT molecular complexity index is 1220. The Kier molecular flexibility index (Phi) is 4.61. The number of hydrogen-bond donors (Lipinski definition) is 0. The molecule has 1 aromatic carbocycles. The van der Waals surface area contributed by atoms with Gasteiger partial charge in [-0.2, -0.15) is 4.98 Å². The van der Waals surface area contributed by atoms with Gasteiger partial charge in [0.15, 0.2) is 11.2 Å². The van der Waals surface area contributed by atoms with Gasteiger partial charge in [0.05, 0.1) is 14.2 Å². The van der Waals surface area contributed by atoms with Gasteiger partial charge in [-0.15, -0.1) is 0 Å². The van der Waals surface area contributed by atoms with Crippen LogP contribution < -0.4 is 20.9 Å². The minimum Gasteiger partial charge on any atom is -0.497 e. The van der Waals surface area contributed by atoms with Gasteiger partial charge in [0.2, 0.25) is 5.95 Å². The minimum absolute atomic E-state index is 0.283. The number of rotatable bonds is 4. The molecule has 29 heavy (non-hydrogen) atoms. The first-order valence-corrected chi connectivity index (χ1v) is 9.14. The maximum Gasteiger partial charge on any atom is 0.333 e. The van der Waals surface area contributed by atoms with E-state index in [0.717, 1.165) is 16.7 Å². The quantitative estimate of drug-likeness (QED) is 0.593. The molecule has 0 saturated carbocycles. The molecular weight excluding hydrogens is 378 g/mol. The van der Waals surface area contributed by atoms with Gasteiger partial charge >= 0.3 is 11.7 Å². The van der Waals surface area contributed by atoms with Crippen LogP contribution in [0.1, 0.15) is 6.42 Å². The van der Waals surface area contributed by atoms with Gasteiger partial charge in [-0.3, -0.25) is 14.2 Å². The summed E-state index contributed by atoms with van der Waals surface area (Å²) in [5.74, 6) is 0.617. The van der Waals surface area contributed by atoms with Crippen molar-refractivity contribution in [2.24, 2.45) is 7.05 Å². The van der Waals surface area contributed by atoms with E-state index in [2.05, 4.69) is 9.72 Å². The summed E-state index contributed by atoms with van der Waals surface area (Å²) in [5.41, 5.74) is 0.279. The molecule has 0 atom stereocenters. The van der Waals surface area contributed by atoms with Crippen molar-refractivity contribution in [1.29, 1.82) is 0 Å². The SMILES string of the molecule is COC(=O)Cn1c(=O)c2c(nc3n2CCCN3c2cccc(OC)c2)n(C)c1=O. The molecule has 0 spiro atoms. The standard InChI is InChI=1S/C19H21N5O5/c1-21-16-15(17(26)24(19(21)27)11-14(25)29-3)23-9-5-8-22(18(23)20-16)12-6-4-7-13(10-12)28-2/h4,6-7,10H,5,8-9,11H2,1-3H3. The molecule has 1 aliphatic rings. The fraction of sp³-hybridized carbons (Fsp3) is 0.368. The number of ether oxygens (including phenoxy) is 2. The number of esters is 1. The van der Waals surface area contributed by atoms with Crippen LogP contribution in [0.2, 0.25) is 0 Å². The molecule has 0 saturated heterocycles. The van der Waals surface area contributed by atoms with E-state index in [0.29, 0.717) is 30.3 Å². The van der Waals surface area contributed by atoms with Gasteiger partial charge in [-0.1, -0.05) is 6.07 Å². The summed E-state index contributed by atoms with van der Waals surface area (Å²) < 4.78 is 13.9. The zero-order valence-electron chi connectivity index (χ0n) is 16.4. The first-order valence-electron chi connectivity index (χ1n) is 9.14. The van der Waals surface area contributed by atoms with Crippen molar-refractivity contribution in [3.8, 4) is 5.75 Å². The molecule has 3 heterocycles. The minimum atomic E-state index is -0.667. The normalized spacial score (nSPS) is 13.4. The Balaban J connectivity index is 1.94. The summed E-state index contributed by atoms with van der Waals surface area (Å²) in [5, 5.41) is 0. The number of carbonyl (C=O) groups is 1. The van der Waals surface area contributed by atoms with Crippen LogP contribution in [0.4, 0.5) is 11.6 Å². The Morgan fingerprint density at radius 3 is 2.72 bits per heavy atom. The van der Waals surface area contributed by atoms with Gasteiger partial charge in [-0.05, 0) is 18.6 Å². The topological polar surface area (TPSA) is 101 Å². The van der Waals surface area contributed by atoms with Crippen molar-refractivity contribution >= 4 is 28.8 Å². The van der Waals surface area contributed by atoms with E-state index in [-0.39, 0.29) is 5.65 Å². The molecule has 10 nitrogen and oxygen atoms in total. The van der Waals surface area contributed by atoms with Crippen LogP contribution in [0.3, 0.4) is 0 Å². The molecule has 0 bridgehead atoms. The average Bonchev–Trinajstić information content (AvgIpc) is 3.15. The molecule has 10 heteroatoms. The lowest BCUT2D eigenvalue weighted by atomic mass is 10.2. The summed E-state index contributed by atoms with van der Waals surface area (Å²) in [7, 11) is 4.35. The molecule has 0 unspecified atom stereocenters. The lowest BCUT2D eigenvalue weighted by molar-refractivity contribution is -0.141. The second kappa shape index (κ2) is 7.12. The van der Waals surface area contributed by atoms with Gasteiger partial charge in [0, 0.05) is 31.9 Å². The van der Waals surface area contributed by atoms with E-state index in [1.807, 2.05) is 29.2 Å². The van der Waals surface area contributed by atoms with Crippen LogP contribution in [-0.2, 0) is 29.7 Å². The van der Waals surface area contributed by atoms with Gasteiger partial charge in [0.1, 0.15) is 12.3 Å². The third-order valence-corrected chi connectivity index (χ3v) is 5.10. The fourth-order valence-electron chi connectivity index (χ4n) is 3.62. The van der Waals surface area contributed by atoms with E-state index in [1.165, 1.54) is 18.7 Å². The highest BCUT2D eigenvalue weighted by molar-refractivity contribution is 5.77. The van der Waals surface area contributed by atoms with Crippen LogP contribution in [-0.4, -0.2) is 45.4 Å². The largest absolute Gasteiger partial charge is 0.497 e. The molecule has 0 aliphatic carbocycles. The molecule has 0 fully saturated rings. The van der Waals surface area contributed by atoms with Crippen molar-refractivity contribution in [2.45, 2.75) is 19.5 Å². The fourth-order valence-corrected chi connectivity index (χ4v) is 3.62. The van der Waals surface area contributed by atoms with E-state index in [9.17, 15) is 14.4 Å². The molecule has 0 N–H and O–H groups in total. The van der Waals surface area contributed by atoms with Crippen LogP contribution in [0.25, 0.3) is 11.2 Å². The van der Waals surface area contributed by atoms with Crippen LogP contribution in [0, 0.1) is 0 Å². The number of imidazole rings is 1.